The minimum atomic E-state index is -4.21. The first-order chi connectivity index (χ1) is 14.6. The Morgan fingerprint density at radius 1 is 1.00 bits per heavy atom. The van der Waals surface area contributed by atoms with Crippen LogP contribution in [-0.4, -0.2) is 46.3 Å². The topological polar surface area (TPSA) is 136 Å². The third-order valence-electron chi connectivity index (χ3n) is 5.02. The molecule has 0 radical (unpaired) electrons. The number of sulfonamides is 2. The van der Waals surface area contributed by atoms with E-state index in [-0.39, 0.29) is 26.9 Å². The number of methoxy groups -OCH3 is 1. The first-order valence-corrected chi connectivity index (χ1v) is 12.4. The van der Waals surface area contributed by atoms with E-state index >= 15 is 0 Å². The van der Waals surface area contributed by atoms with Crippen LogP contribution < -0.4 is 9.46 Å². The molecule has 10 nitrogen and oxygen atoms in total. The number of hydrogen-bond donors (Lipinski definition) is 1. The van der Waals surface area contributed by atoms with Gasteiger partial charge in [0, 0.05) is 25.2 Å². The summed E-state index contributed by atoms with van der Waals surface area (Å²) in [6.07, 6.45) is 2.45. The second kappa shape index (κ2) is 8.81. The zero-order valence-corrected chi connectivity index (χ0v) is 18.7. The fourth-order valence-electron chi connectivity index (χ4n) is 3.39. The van der Waals surface area contributed by atoms with Crippen LogP contribution in [0.5, 0.6) is 5.75 Å². The Morgan fingerprint density at radius 3 is 2.29 bits per heavy atom. The molecule has 31 heavy (non-hydrogen) atoms. The number of nitrogens with zero attached hydrogens (tertiary/aromatic N) is 2. The summed E-state index contributed by atoms with van der Waals surface area (Å²) in [7, 11) is -6.77. The average Bonchev–Trinajstić information content (AvgIpc) is 2.74. The molecule has 0 aliphatic carbocycles. The molecule has 168 valence electrons. The highest BCUT2D eigenvalue weighted by Gasteiger charge is 2.30. The minimum absolute atomic E-state index is 0.00212. The predicted octanol–water partition coefficient (Wildman–Crippen LogP) is 2.89. The minimum Gasteiger partial charge on any atom is -0.495 e. The molecule has 0 aromatic heterocycles. The Bertz CT molecular complexity index is 1210. The quantitative estimate of drug-likeness (QED) is 0.486. The maximum absolute atomic E-state index is 13.1. The molecule has 0 unspecified atom stereocenters. The van der Waals surface area contributed by atoms with E-state index in [2.05, 4.69) is 4.72 Å². The smallest absolute Gasteiger partial charge is 0.270 e. The fraction of sp³-hybridized carbons (Fsp3) is 0.368. The number of benzene rings is 2. The molecule has 1 aliphatic rings. The van der Waals surface area contributed by atoms with Crippen LogP contribution in [0.4, 0.5) is 11.4 Å². The molecule has 0 saturated carbocycles. The average molecular weight is 470 g/mol. The van der Waals surface area contributed by atoms with Gasteiger partial charge in [-0.05, 0) is 43.5 Å². The number of aryl methyl sites for hydroxylation is 1. The van der Waals surface area contributed by atoms with E-state index in [1.165, 1.54) is 48.7 Å². The summed E-state index contributed by atoms with van der Waals surface area (Å²) in [6.45, 7) is 2.28. The van der Waals surface area contributed by atoms with Gasteiger partial charge < -0.3 is 4.74 Å². The first kappa shape index (κ1) is 23.0. The van der Waals surface area contributed by atoms with Crippen LogP contribution in [0.2, 0.25) is 0 Å². The first-order valence-electron chi connectivity index (χ1n) is 9.52. The van der Waals surface area contributed by atoms with Gasteiger partial charge in [0.15, 0.2) is 0 Å². The Morgan fingerprint density at radius 2 is 1.68 bits per heavy atom. The van der Waals surface area contributed by atoms with Crippen molar-refractivity contribution in [3.8, 4) is 5.75 Å². The third kappa shape index (κ3) is 4.81. The summed E-state index contributed by atoms with van der Waals surface area (Å²) in [5.41, 5.74) is -0.0517. The second-order valence-electron chi connectivity index (χ2n) is 7.14. The molecular formula is C19H23N3O7S2. The summed E-state index contributed by atoms with van der Waals surface area (Å²) in [4.78, 5) is 9.93. The summed E-state index contributed by atoms with van der Waals surface area (Å²) in [5.74, 6) is 0.0973. The Kier molecular flexibility index (Phi) is 6.53. The van der Waals surface area contributed by atoms with E-state index in [9.17, 15) is 26.9 Å². The zero-order chi connectivity index (χ0) is 22.8. The molecular weight excluding hydrogens is 446 g/mol. The van der Waals surface area contributed by atoms with Crippen LogP contribution in [0.25, 0.3) is 0 Å². The van der Waals surface area contributed by atoms with E-state index in [0.29, 0.717) is 18.7 Å². The number of anilines is 1. The van der Waals surface area contributed by atoms with E-state index in [1.807, 2.05) is 0 Å². The van der Waals surface area contributed by atoms with Gasteiger partial charge in [0.1, 0.15) is 10.6 Å². The molecule has 2 aromatic carbocycles. The van der Waals surface area contributed by atoms with Crippen LogP contribution in [0, 0.1) is 17.0 Å². The van der Waals surface area contributed by atoms with Crippen molar-refractivity contribution in [1.29, 1.82) is 0 Å². The summed E-state index contributed by atoms with van der Waals surface area (Å²) in [6, 6.07) is 7.46. The highest BCUT2D eigenvalue weighted by atomic mass is 32.2. The molecule has 0 atom stereocenters. The number of hydrogen-bond acceptors (Lipinski definition) is 7. The van der Waals surface area contributed by atoms with Crippen LogP contribution in [0.1, 0.15) is 24.8 Å². The van der Waals surface area contributed by atoms with Gasteiger partial charge in [-0.3, -0.25) is 14.8 Å². The van der Waals surface area contributed by atoms with E-state index in [4.69, 9.17) is 4.74 Å². The molecule has 0 spiro atoms. The Hall–Kier alpha value is -2.70. The number of non-ortho nitro benzene ring substituents is 1. The van der Waals surface area contributed by atoms with Gasteiger partial charge in [-0.15, -0.1) is 0 Å². The summed E-state index contributed by atoms with van der Waals surface area (Å²) < 4.78 is 60.9. The molecule has 1 N–H and O–H groups in total. The normalized spacial score (nSPS) is 15.4. The number of nitrogens with one attached hydrogen (secondary N) is 1. The van der Waals surface area contributed by atoms with Crippen molar-refractivity contribution < 1.29 is 26.5 Å². The van der Waals surface area contributed by atoms with Gasteiger partial charge in [-0.1, -0.05) is 12.5 Å². The Labute approximate surface area is 181 Å². The van der Waals surface area contributed by atoms with Crippen molar-refractivity contribution in [2.24, 2.45) is 0 Å². The monoisotopic (exact) mass is 469 g/mol. The lowest BCUT2D eigenvalue weighted by molar-refractivity contribution is -0.385. The summed E-state index contributed by atoms with van der Waals surface area (Å²) in [5, 5.41) is 11.0. The molecule has 12 heteroatoms. The number of nitro groups is 1. The standard InChI is InChI=1S/C19H23N3O7S2/c1-14-6-8-16(22(23)24)13-18(14)30(25,26)20-15-7-9-17(29-2)19(12-15)31(27,28)21-10-4-3-5-11-21/h6-9,12-13,20H,3-5,10-11H2,1-2H3. The van der Waals surface area contributed by atoms with Crippen LogP contribution in [0.15, 0.2) is 46.2 Å². The maximum Gasteiger partial charge on any atom is 0.270 e. The molecule has 0 amide bonds. The van der Waals surface area contributed by atoms with Gasteiger partial charge in [0.05, 0.1) is 22.6 Å². The van der Waals surface area contributed by atoms with Gasteiger partial charge in [0.25, 0.3) is 15.7 Å². The second-order valence-corrected chi connectivity index (χ2v) is 10.7. The molecule has 1 heterocycles. The maximum atomic E-state index is 13.1. The predicted molar refractivity (Wildman–Crippen MR) is 114 cm³/mol. The lowest BCUT2D eigenvalue weighted by Gasteiger charge is -2.26. The summed E-state index contributed by atoms with van der Waals surface area (Å²) >= 11 is 0. The van der Waals surface area contributed by atoms with E-state index in [1.54, 1.807) is 0 Å². The van der Waals surface area contributed by atoms with Crippen LogP contribution >= 0.6 is 0 Å². The van der Waals surface area contributed by atoms with E-state index < -0.39 is 25.0 Å². The molecule has 2 aromatic rings. The number of piperidine rings is 1. The zero-order valence-electron chi connectivity index (χ0n) is 17.1. The number of ether oxygens (including phenoxy) is 1. The van der Waals surface area contributed by atoms with Crippen molar-refractivity contribution in [1.82, 2.24) is 4.31 Å². The number of rotatable bonds is 7. The van der Waals surface area contributed by atoms with Crippen molar-refractivity contribution >= 4 is 31.4 Å². The number of nitro benzene ring substituents is 1. The van der Waals surface area contributed by atoms with Crippen molar-refractivity contribution in [3.63, 3.8) is 0 Å². The molecule has 0 bridgehead atoms. The third-order valence-corrected chi connectivity index (χ3v) is 8.46. The van der Waals surface area contributed by atoms with E-state index in [0.717, 1.165) is 25.3 Å². The van der Waals surface area contributed by atoms with Crippen LogP contribution in [-0.2, 0) is 20.0 Å². The van der Waals surface area contributed by atoms with Gasteiger partial charge in [0.2, 0.25) is 10.0 Å². The Balaban J connectivity index is 2.00. The fourth-order valence-corrected chi connectivity index (χ4v) is 6.40. The highest BCUT2D eigenvalue weighted by Crippen LogP contribution is 2.32. The largest absolute Gasteiger partial charge is 0.495 e. The SMILES string of the molecule is COc1ccc(NS(=O)(=O)c2cc([N+](=O)[O-])ccc2C)cc1S(=O)(=O)N1CCCCC1. The van der Waals surface area contributed by atoms with Gasteiger partial charge in [-0.2, -0.15) is 4.31 Å². The highest BCUT2D eigenvalue weighted by molar-refractivity contribution is 7.92. The molecule has 3 rings (SSSR count). The van der Waals surface area contributed by atoms with Crippen molar-refractivity contribution in [2.75, 3.05) is 24.9 Å². The lowest BCUT2D eigenvalue weighted by Crippen LogP contribution is -2.35. The van der Waals surface area contributed by atoms with Gasteiger partial charge in [-0.25, -0.2) is 16.8 Å². The lowest BCUT2D eigenvalue weighted by atomic mass is 10.2. The van der Waals surface area contributed by atoms with Crippen LogP contribution in [0.3, 0.4) is 0 Å². The molecule has 1 saturated heterocycles. The molecule has 1 fully saturated rings. The van der Waals surface area contributed by atoms with Crippen molar-refractivity contribution in [2.45, 2.75) is 36.0 Å². The van der Waals surface area contributed by atoms with Gasteiger partial charge >= 0.3 is 0 Å². The van der Waals surface area contributed by atoms with Crippen molar-refractivity contribution in [3.05, 3.63) is 52.1 Å². The molecule has 1 aliphatic heterocycles.